The lowest BCUT2D eigenvalue weighted by Gasteiger charge is -2.07. The average molecular weight is 277 g/mol. The lowest BCUT2D eigenvalue weighted by molar-refractivity contribution is -0.137. The highest BCUT2D eigenvalue weighted by Gasteiger charge is 2.30. The summed E-state index contributed by atoms with van der Waals surface area (Å²) in [4.78, 5) is 0. The van der Waals surface area contributed by atoms with Crippen LogP contribution in [0.25, 0.3) is 10.9 Å². The van der Waals surface area contributed by atoms with E-state index in [0.717, 1.165) is 12.1 Å². The van der Waals surface area contributed by atoms with E-state index in [-0.39, 0.29) is 5.52 Å². The van der Waals surface area contributed by atoms with Gasteiger partial charge in [0.25, 0.3) is 0 Å². The smallest absolute Gasteiger partial charge is 0.166 e. The van der Waals surface area contributed by atoms with E-state index in [0.29, 0.717) is 9.86 Å². The van der Waals surface area contributed by atoms with Crippen molar-refractivity contribution >= 4 is 26.8 Å². The maximum atomic E-state index is 12.4. The van der Waals surface area contributed by atoms with Gasteiger partial charge in [-0.3, -0.25) is 0 Å². The van der Waals surface area contributed by atoms with Crippen molar-refractivity contribution < 1.29 is 13.2 Å². The second kappa shape index (κ2) is 3.44. The van der Waals surface area contributed by atoms with Crippen LogP contribution < -0.4 is 0 Å². The van der Waals surface area contributed by atoms with Crippen LogP contribution in [0.1, 0.15) is 5.56 Å². The number of nitrogens with zero attached hydrogens (tertiary/aromatic N) is 2. The van der Waals surface area contributed by atoms with Crippen LogP contribution in [0.3, 0.4) is 0 Å². The van der Waals surface area contributed by atoms with E-state index in [4.69, 9.17) is 0 Å². The van der Waals surface area contributed by atoms with Crippen molar-refractivity contribution in [2.45, 2.75) is 6.18 Å². The fourth-order valence-corrected chi connectivity index (χ4v) is 1.63. The number of benzene rings is 1. The molecule has 1 heterocycles. The van der Waals surface area contributed by atoms with E-state index in [1.54, 1.807) is 0 Å². The van der Waals surface area contributed by atoms with Crippen LogP contribution in [0.2, 0.25) is 0 Å². The maximum Gasteiger partial charge on any atom is 0.416 e. The Bertz CT molecular complexity index is 510. The van der Waals surface area contributed by atoms with Crippen LogP contribution in [0.5, 0.6) is 0 Å². The van der Waals surface area contributed by atoms with Crippen molar-refractivity contribution in [3.8, 4) is 0 Å². The molecule has 0 radical (unpaired) electrons. The Morgan fingerprint density at radius 3 is 2.60 bits per heavy atom. The third kappa shape index (κ3) is 1.94. The number of aromatic nitrogens is 2. The molecule has 0 amide bonds. The summed E-state index contributed by atoms with van der Waals surface area (Å²) in [5.41, 5.74) is -0.499. The molecule has 78 valence electrons. The molecule has 0 aliphatic rings. The average Bonchev–Trinajstić information content (AvgIpc) is 2.16. The second-order valence-electron chi connectivity index (χ2n) is 2.92. The number of fused-ring (bicyclic) bond motifs is 1. The fourth-order valence-electron chi connectivity index (χ4n) is 1.20. The molecule has 0 bridgehead atoms. The summed E-state index contributed by atoms with van der Waals surface area (Å²) in [6.07, 6.45) is -2.91. The zero-order valence-electron chi connectivity index (χ0n) is 7.22. The van der Waals surface area contributed by atoms with E-state index in [1.807, 2.05) is 0 Å². The standard InChI is InChI=1S/C9H4BrF3N2/c10-7-4-14-15-8-3-5(9(11,12)13)1-2-6(7)8/h1-4H. The minimum absolute atomic E-state index is 0.221. The number of alkyl halides is 3. The minimum Gasteiger partial charge on any atom is -0.166 e. The van der Waals surface area contributed by atoms with Crippen molar-refractivity contribution in [2.24, 2.45) is 0 Å². The monoisotopic (exact) mass is 276 g/mol. The Morgan fingerprint density at radius 1 is 1.20 bits per heavy atom. The van der Waals surface area contributed by atoms with Crippen molar-refractivity contribution in [3.63, 3.8) is 0 Å². The van der Waals surface area contributed by atoms with Crippen LogP contribution in [0, 0.1) is 0 Å². The van der Waals surface area contributed by atoms with Crippen LogP contribution >= 0.6 is 15.9 Å². The Morgan fingerprint density at radius 2 is 1.93 bits per heavy atom. The van der Waals surface area contributed by atoms with Crippen LogP contribution in [-0.2, 0) is 6.18 Å². The highest BCUT2D eigenvalue weighted by Crippen LogP contribution is 2.32. The molecule has 2 nitrogen and oxygen atoms in total. The van der Waals surface area contributed by atoms with E-state index in [2.05, 4.69) is 26.1 Å². The number of rotatable bonds is 0. The predicted octanol–water partition coefficient (Wildman–Crippen LogP) is 3.41. The molecule has 0 atom stereocenters. The van der Waals surface area contributed by atoms with Gasteiger partial charge in [0.15, 0.2) is 0 Å². The molecule has 2 rings (SSSR count). The van der Waals surface area contributed by atoms with E-state index in [1.165, 1.54) is 12.3 Å². The number of hydrogen-bond donors (Lipinski definition) is 0. The third-order valence-corrected chi connectivity index (χ3v) is 2.55. The lowest BCUT2D eigenvalue weighted by Crippen LogP contribution is -2.04. The maximum absolute atomic E-state index is 12.4. The lowest BCUT2D eigenvalue weighted by atomic mass is 10.1. The molecule has 2 aromatic rings. The first-order valence-corrected chi connectivity index (χ1v) is 4.76. The normalized spacial score (nSPS) is 12.0. The van der Waals surface area contributed by atoms with Crippen LogP contribution in [0.15, 0.2) is 28.9 Å². The highest BCUT2D eigenvalue weighted by molar-refractivity contribution is 9.10. The predicted molar refractivity (Wildman–Crippen MR) is 52.2 cm³/mol. The van der Waals surface area contributed by atoms with Crippen LogP contribution in [-0.4, -0.2) is 10.2 Å². The molecule has 0 unspecified atom stereocenters. The van der Waals surface area contributed by atoms with Gasteiger partial charge in [-0.1, -0.05) is 6.07 Å². The van der Waals surface area contributed by atoms with Gasteiger partial charge in [-0.05, 0) is 28.1 Å². The molecule has 0 fully saturated rings. The summed E-state index contributed by atoms with van der Waals surface area (Å²) < 4.78 is 37.7. The minimum atomic E-state index is -4.35. The molecule has 6 heteroatoms. The highest BCUT2D eigenvalue weighted by atomic mass is 79.9. The molecule has 0 aliphatic carbocycles. The van der Waals surface area contributed by atoms with Crippen molar-refractivity contribution in [2.75, 3.05) is 0 Å². The van der Waals surface area contributed by atoms with Gasteiger partial charge in [-0.15, -0.1) is 0 Å². The SMILES string of the molecule is FC(F)(F)c1ccc2c(Br)cnnc2c1. The molecule has 1 aromatic carbocycles. The Balaban J connectivity index is 2.68. The first-order valence-electron chi connectivity index (χ1n) is 3.96. The van der Waals surface area contributed by atoms with E-state index < -0.39 is 11.7 Å². The van der Waals surface area contributed by atoms with Gasteiger partial charge in [0, 0.05) is 9.86 Å². The Hall–Kier alpha value is -1.17. The number of hydrogen-bond acceptors (Lipinski definition) is 2. The zero-order chi connectivity index (χ0) is 11.1. The van der Waals surface area contributed by atoms with Gasteiger partial charge in [-0.25, -0.2) is 0 Å². The van der Waals surface area contributed by atoms with Crippen molar-refractivity contribution in [1.29, 1.82) is 0 Å². The largest absolute Gasteiger partial charge is 0.416 e. The quantitative estimate of drug-likeness (QED) is 0.737. The summed E-state index contributed by atoms with van der Waals surface area (Å²) in [7, 11) is 0. The Labute approximate surface area is 91.2 Å². The van der Waals surface area contributed by atoms with Gasteiger partial charge in [0.1, 0.15) is 0 Å². The molecule has 0 saturated carbocycles. The molecule has 0 aliphatic heterocycles. The van der Waals surface area contributed by atoms with Gasteiger partial charge < -0.3 is 0 Å². The second-order valence-corrected chi connectivity index (χ2v) is 3.78. The summed E-state index contributed by atoms with van der Waals surface area (Å²) in [5, 5.41) is 7.82. The summed E-state index contributed by atoms with van der Waals surface area (Å²) in [6, 6.07) is 3.37. The Kier molecular flexibility index (Phi) is 2.38. The zero-order valence-corrected chi connectivity index (χ0v) is 8.80. The third-order valence-electron chi connectivity index (χ3n) is 1.92. The van der Waals surface area contributed by atoms with Gasteiger partial charge >= 0.3 is 6.18 Å². The van der Waals surface area contributed by atoms with E-state index >= 15 is 0 Å². The fraction of sp³-hybridized carbons (Fsp3) is 0.111. The van der Waals surface area contributed by atoms with E-state index in [9.17, 15) is 13.2 Å². The molecule has 0 spiro atoms. The number of halogens is 4. The van der Waals surface area contributed by atoms with Crippen molar-refractivity contribution in [1.82, 2.24) is 10.2 Å². The summed E-state index contributed by atoms with van der Waals surface area (Å²) in [6.45, 7) is 0. The van der Waals surface area contributed by atoms with Gasteiger partial charge in [0.2, 0.25) is 0 Å². The van der Waals surface area contributed by atoms with Gasteiger partial charge in [-0.2, -0.15) is 23.4 Å². The summed E-state index contributed by atoms with van der Waals surface area (Å²) in [5.74, 6) is 0. The van der Waals surface area contributed by atoms with Crippen molar-refractivity contribution in [3.05, 3.63) is 34.4 Å². The molecular formula is C9H4BrF3N2. The molecule has 1 aromatic heterocycles. The topological polar surface area (TPSA) is 25.8 Å². The first-order chi connectivity index (χ1) is 6.98. The van der Waals surface area contributed by atoms with Crippen LogP contribution in [0.4, 0.5) is 13.2 Å². The molecular weight excluding hydrogens is 273 g/mol. The molecule has 0 N–H and O–H groups in total. The first kappa shape index (κ1) is 10.4. The van der Waals surface area contributed by atoms with Gasteiger partial charge in [0.05, 0.1) is 17.3 Å². The molecule has 15 heavy (non-hydrogen) atoms. The summed E-state index contributed by atoms with van der Waals surface area (Å²) >= 11 is 3.19. The molecule has 0 saturated heterocycles.